The van der Waals surface area contributed by atoms with Gasteiger partial charge in [-0.2, -0.15) is 5.10 Å². The van der Waals surface area contributed by atoms with Gasteiger partial charge >= 0.3 is 0 Å². The maximum Gasteiger partial charge on any atom is 0.272 e. The van der Waals surface area contributed by atoms with Crippen molar-refractivity contribution in [3.8, 4) is 0 Å². The maximum atomic E-state index is 12.4. The van der Waals surface area contributed by atoms with Gasteiger partial charge in [-0.1, -0.05) is 29.3 Å². The minimum Gasteiger partial charge on any atom is -0.335 e. The molecule has 1 fully saturated rings. The average Bonchev–Trinajstić information content (AvgIpc) is 2.97. The minimum atomic E-state index is 0.0409. The molecule has 23 heavy (non-hydrogen) atoms. The van der Waals surface area contributed by atoms with E-state index in [1.807, 2.05) is 23.1 Å². The highest BCUT2D eigenvalue weighted by molar-refractivity contribution is 6.42. The lowest BCUT2D eigenvalue weighted by molar-refractivity contribution is 0.0618. The van der Waals surface area contributed by atoms with Gasteiger partial charge in [0.2, 0.25) is 0 Å². The summed E-state index contributed by atoms with van der Waals surface area (Å²) in [5, 5.41) is 5.20. The summed E-state index contributed by atoms with van der Waals surface area (Å²) < 4.78 is 1.62. The largest absolute Gasteiger partial charge is 0.335 e. The van der Waals surface area contributed by atoms with Gasteiger partial charge in [0.05, 0.1) is 10.0 Å². The van der Waals surface area contributed by atoms with Crippen LogP contribution in [0.2, 0.25) is 10.0 Å². The summed E-state index contributed by atoms with van der Waals surface area (Å²) >= 11 is 12.0. The van der Waals surface area contributed by atoms with Crippen molar-refractivity contribution in [1.29, 1.82) is 0 Å². The Balaban J connectivity index is 1.57. The number of amides is 1. The quantitative estimate of drug-likeness (QED) is 0.852. The zero-order valence-electron chi connectivity index (χ0n) is 12.9. The van der Waals surface area contributed by atoms with E-state index in [2.05, 4.69) is 10.00 Å². The van der Waals surface area contributed by atoms with Crippen LogP contribution in [-0.2, 0) is 13.6 Å². The predicted octanol–water partition coefficient (Wildman–Crippen LogP) is 2.68. The summed E-state index contributed by atoms with van der Waals surface area (Å²) in [6.07, 6.45) is 1.65. The van der Waals surface area contributed by atoms with Crippen LogP contribution in [0, 0.1) is 0 Å². The van der Waals surface area contributed by atoms with E-state index in [0.29, 0.717) is 28.8 Å². The van der Waals surface area contributed by atoms with Gasteiger partial charge in [0.15, 0.2) is 0 Å². The molecule has 5 nitrogen and oxygen atoms in total. The summed E-state index contributed by atoms with van der Waals surface area (Å²) in [5.41, 5.74) is 1.76. The third-order valence-corrected chi connectivity index (χ3v) is 4.83. The fourth-order valence-electron chi connectivity index (χ4n) is 2.75. The predicted molar refractivity (Wildman–Crippen MR) is 90.9 cm³/mol. The first-order valence-electron chi connectivity index (χ1n) is 7.48. The highest BCUT2D eigenvalue weighted by atomic mass is 35.5. The molecule has 122 valence electrons. The number of halogens is 2. The van der Waals surface area contributed by atoms with Crippen molar-refractivity contribution in [3.05, 3.63) is 51.8 Å². The van der Waals surface area contributed by atoms with Crippen LogP contribution < -0.4 is 0 Å². The maximum absolute atomic E-state index is 12.4. The third-order valence-electron chi connectivity index (χ3n) is 4.09. The van der Waals surface area contributed by atoms with Crippen LogP contribution in [0.25, 0.3) is 0 Å². The van der Waals surface area contributed by atoms with Gasteiger partial charge in [-0.05, 0) is 23.8 Å². The number of aromatic nitrogens is 2. The van der Waals surface area contributed by atoms with Gasteiger partial charge in [0.25, 0.3) is 5.91 Å². The van der Waals surface area contributed by atoms with E-state index in [0.717, 1.165) is 25.2 Å². The van der Waals surface area contributed by atoms with Crippen molar-refractivity contribution in [3.63, 3.8) is 0 Å². The second kappa shape index (κ2) is 6.91. The first-order chi connectivity index (χ1) is 11.0. The number of rotatable bonds is 3. The average molecular weight is 353 g/mol. The standard InChI is InChI=1S/C16H18Cl2N4O/c1-20-15(4-5-19-20)16(23)22-8-6-21(7-9-22)11-12-2-3-13(17)14(18)10-12/h2-5,10H,6-9,11H2,1H3. The Kier molecular flexibility index (Phi) is 4.90. The highest BCUT2D eigenvalue weighted by Gasteiger charge is 2.23. The van der Waals surface area contributed by atoms with Crippen LogP contribution in [0.1, 0.15) is 16.1 Å². The van der Waals surface area contributed by atoms with Crippen LogP contribution >= 0.6 is 23.2 Å². The number of hydrogen-bond donors (Lipinski definition) is 0. The lowest BCUT2D eigenvalue weighted by atomic mass is 10.2. The third kappa shape index (κ3) is 3.68. The van der Waals surface area contributed by atoms with Crippen molar-refractivity contribution < 1.29 is 4.79 Å². The second-order valence-electron chi connectivity index (χ2n) is 5.66. The van der Waals surface area contributed by atoms with E-state index >= 15 is 0 Å². The van der Waals surface area contributed by atoms with Crippen molar-refractivity contribution in [2.45, 2.75) is 6.54 Å². The minimum absolute atomic E-state index is 0.0409. The lowest BCUT2D eigenvalue weighted by Crippen LogP contribution is -2.48. The smallest absolute Gasteiger partial charge is 0.272 e. The number of nitrogens with zero attached hydrogens (tertiary/aromatic N) is 4. The molecule has 3 rings (SSSR count). The van der Waals surface area contributed by atoms with E-state index < -0.39 is 0 Å². The molecule has 0 bridgehead atoms. The highest BCUT2D eigenvalue weighted by Crippen LogP contribution is 2.23. The van der Waals surface area contributed by atoms with Crippen LogP contribution in [-0.4, -0.2) is 51.7 Å². The van der Waals surface area contributed by atoms with Crippen molar-refractivity contribution >= 4 is 29.1 Å². The molecule has 1 aliphatic rings. The molecule has 0 saturated carbocycles. The zero-order chi connectivity index (χ0) is 16.4. The van der Waals surface area contributed by atoms with Crippen molar-refractivity contribution in [2.75, 3.05) is 26.2 Å². The van der Waals surface area contributed by atoms with Crippen LogP contribution in [0.4, 0.5) is 0 Å². The molecule has 2 heterocycles. The molecular weight excluding hydrogens is 335 g/mol. The van der Waals surface area contributed by atoms with Crippen molar-refractivity contribution in [2.24, 2.45) is 7.05 Å². The second-order valence-corrected chi connectivity index (χ2v) is 6.47. The van der Waals surface area contributed by atoms with E-state index in [-0.39, 0.29) is 5.91 Å². The summed E-state index contributed by atoms with van der Waals surface area (Å²) in [6, 6.07) is 7.46. The fourth-order valence-corrected chi connectivity index (χ4v) is 3.07. The molecule has 0 atom stereocenters. The molecule has 2 aromatic rings. The Labute approximate surface area is 145 Å². The number of hydrogen-bond acceptors (Lipinski definition) is 3. The normalized spacial score (nSPS) is 15.9. The summed E-state index contributed by atoms with van der Waals surface area (Å²) in [7, 11) is 1.79. The molecule has 1 amide bonds. The number of aryl methyl sites for hydroxylation is 1. The first kappa shape index (κ1) is 16.3. The summed E-state index contributed by atoms with van der Waals surface area (Å²) in [6.45, 7) is 3.91. The monoisotopic (exact) mass is 352 g/mol. The zero-order valence-corrected chi connectivity index (χ0v) is 14.4. The molecule has 0 unspecified atom stereocenters. The molecule has 0 N–H and O–H groups in total. The van der Waals surface area contributed by atoms with E-state index in [9.17, 15) is 4.79 Å². The molecule has 1 aromatic carbocycles. The summed E-state index contributed by atoms with van der Waals surface area (Å²) in [5.74, 6) is 0.0409. The van der Waals surface area contributed by atoms with E-state index in [4.69, 9.17) is 23.2 Å². The Morgan fingerprint density at radius 1 is 1.13 bits per heavy atom. The van der Waals surface area contributed by atoms with Crippen LogP contribution in [0.3, 0.4) is 0 Å². The van der Waals surface area contributed by atoms with Gasteiger partial charge < -0.3 is 4.90 Å². The molecule has 1 saturated heterocycles. The first-order valence-corrected chi connectivity index (χ1v) is 8.24. The molecule has 0 aliphatic carbocycles. The van der Waals surface area contributed by atoms with Crippen LogP contribution in [0.5, 0.6) is 0 Å². The fraction of sp³-hybridized carbons (Fsp3) is 0.375. The molecular formula is C16H18Cl2N4O. The van der Waals surface area contributed by atoms with Crippen molar-refractivity contribution in [1.82, 2.24) is 19.6 Å². The van der Waals surface area contributed by atoms with Gasteiger partial charge in [-0.25, -0.2) is 0 Å². The topological polar surface area (TPSA) is 41.4 Å². The number of piperazine rings is 1. The Bertz CT molecular complexity index is 708. The molecule has 7 heteroatoms. The van der Waals surface area contributed by atoms with Gasteiger partial charge in [0.1, 0.15) is 5.69 Å². The van der Waals surface area contributed by atoms with E-state index in [1.54, 1.807) is 24.0 Å². The Morgan fingerprint density at radius 3 is 2.48 bits per heavy atom. The number of benzene rings is 1. The Hall–Kier alpha value is -1.56. The van der Waals surface area contributed by atoms with Gasteiger partial charge in [-0.15, -0.1) is 0 Å². The van der Waals surface area contributed by atoms with Gasteiger partial charge in [-0.3, -0.25) is 14.4 Å². The summed E-state index contributed by atoms with van der Waals surface area (Å²) in [4.78, 5) is 16.6. The van der Waals surface area contributed by atoms with E-state index in [1.165, 1.54) is 0 Å². The molecule has 1 aliphatic heterocycles. The number of carbonyl (C=O) groups excluding carboxylic acids is 1. The van der Waals surface area contributed by atoms with Crippen LogP contribution in [0.15, 0.2) is 30.5 Å². The number of carbonyl (C=O) groups is 1. The molecule has 0 radical (unpaired) electrons. The lowest BCUT2D eigenvalue weighted by Gasteiger charge is -2.34. The Morgan fingerprint density at radius 2 is 1.87 bits per heavy atom. The molecule has 1 aromatic heterocycles. The van der Waals surface area contributed by atoms with Gasteiger partial charge in [0, 0.05) is 46.0 Å². The SMILES string of the molecule is Cn1nccc1C(=O)N1CCN(Cc2ccc(Cl)c(Cl)c2)CC1. The molecule has 0 spiro atoms.